The molecule has 0 N–H and O–H groups in total. The van der Waals surface area contributed by atoms with Gasteiger partial charge in [0, 0.05) is 0 Å². The van der Waals surface area contributed by atoms with Crippen LogP contribution in [-0.4, -0.2) is 18.2 Å². The Morgan fingerprint density at radius 3 is 3.00 bits per heavy atom. The number of alkyl halides is 1. The Hall–Kier alpha value is -0.240. The molecule has 0 aromatic heterocycles. The van der Waals surface area contributed by atoms with Crippen molar-refractivity contribution in [3.8, 4) is 0 Å². The molecule has 1 saturated carbocycles. The van der Waals surface area contributed by atoms with Crippen molar-refractivity contribution in [3.05, 3.63) is 0 Å². The van der Waals surface area contributed by atoms with Crippen molar-refractivity contribution < 1.29 is 4.84 Å². The summed E-state index contributed by atoms with van der Waals surface area (Å²) in [6, 6.07) is 0. The number of rotatable bonds is 1. The smallest absolute Gasteiger partial charge is 0.106 e. The van der Waals surface area contributed by atoms with Crippen LogP contribution in [0.2, 0.25) is 0 Å². The van der Waals surface area contributed by atoms with Crippen LogP contribution in [0.15, 0.2) is 5.16 Å². The standard InChI is InChI=1S/C8H14ClNO/c1-6-4-3-5-7(8(6)9)10-11-2/h6,8H,3-5H2,1-2H3/b10-7+/t6-,8+/m1/s1. The largest absolute Gasteiger partial charge is 0.399 e. The number of halogens is 1. The van der Waals surface area contributed by atoms with E-state index in [2.05, 4.69) is 12.1 Å². The second-order valence-electron chi connectivity index (χ2n) is 3.04. The molecule has 1 fully saturated rings. The lowest BCUT2D eigenvalue weighted by atomic mass is 9.89. The molecule has 0 bridgehead atoms. The van der Waals surface area contributed by atoms with Crippen molar-refractivity contribution in [2.75, 3.05) is 7.11 Å². The summed E-state index contributed by atoms with van der Waals surface area (Å²) in [5, 5.41) is 3.99. The molecule has 64 valence electrons. The molecule has 1 aliphatic carbocycles. The van der Waals surface area contributed by atoms with Gasteiger partial charge in [0.25, 0.3) is 0 Å². The minimum Gasteiger partial charge on any atom is -0.399 e. The normalized spacial score (nSPS) is 35.7. The van der Waals surface area contributed by atoms with Crippen molar-refractivity contribution in [1.82, 2.24) is 0 Å². The monoisotopic (exact) mass is 175 g/mol. The van der Waals surface area contributed by atoms with Crippen molar-refractivity contribution >= 4 is 17.3 Å². The zero-order valence-corrected chi connectivity index (χ0v) is 7.77. The molecule has 0 aromatic carbocycles. The topological polar surface area (TPSA) is 21.6 Å². The van der Waals surface area contributed by atoms with Crippen LogP contribution in [0, 0.1) is 5.92 Å². The van der Waals surface area contributed by atoms with Crippen molar-refractivity contribution in [1.29, 1.82) is 0 Å². The van der Waals surface area contributed by atoms with E-state index in [-0.39, 0.29) is 5.38 Å². The molecule has 0 aromatic rings. The molecule has 1 aliphatic rings. The van der Waals surface area contributed by atoms with E-state index in [1.807, 2.05) is 0 Å². The first-order valence-electron chi connectivity index (χ1n) is 3.99. The van der Waals surface area contributed by atoms with Gasteiger partial charge in [-0.25, -0.2) is 0 Å². The number of oxime groups is 1. The maximum Gasteiger partial charge on any atom is 0.106 e. The minimum atomic E-state index is 0.0868. The van der Waals surface area contributed by atoms with Crippen LogP contribution in [0.5, 0.6) is 0 Å². The van der Waals surface area contributed by atoms with Crippen molar-refractivity contribution in [2.45, 2.75) is 31.6 Å². The van der Waals surface area contributed by atoms with Crippen LogP contribution < -0.4 is 0 Å². The summed E-state index contributed by atoms with van der Waals surface area (Å²) in [5.41, 5.74) is 1.01. The van der Waals surface area contributed by atoms with Gasteiger partial charge >= 0.3 is 0 Å². The molecule has 0 spiro atoms. The van der Waals surface area contributed by atoms with Gasteiger partial charge in [0.05, 0.1) is 11.1 Å². The van der Waals surface area contributed by atoms with Gasteiger partial charge in [0.1, 0.15) is 7.11 Å². The molecular formula is C8H14ClNO. The summed E-state index contributed by atoms with van der Waals surface area (Å²) < 4.78 is 0. The van der Waals surface area contributed by atoms with E-state index >= 15 is 0 Å². The lowest BCUT2D eigenvalue weighted by Crippen LogP contribution is -2.27. The highest BCUT2D eigenvalue weighted by molar-refractivity contribution is 6.32. The average molecular weight is 176 g/mol. The highest BCUT2D eigenvalue weighted by Crippen LogP contribution is 2.26. The van der Waals surface area contributed by atoms with E-state index in [9.17, 15) is 0 Å². The third-order valence-corrected chi connectivity index (χ3v) is 2.80. The molecule has 0 amide bonds. The quantitative estimate of drug-likeness (QED) is 0.443. The van der Waals surface area contributed by atoms with Gasteiger partial charge in [0.15, 0.2) is 0 Å². The fourth-order valence-electron chi connectivity index (χ4n) is 1.43. The van der Waals surface area contributed by atoms with Gasteiger partial charge in [-0.1, -0.05) is 12.1 Å². The van der Waals surface area contributed by atoms with Crippen LogP contribution in [0.3, 0.4) is 0 Å². The first-order valence-corrected chi connectivity index (χ1v) is 4.43. The summed E-state index contributed by atoms with van der Waals surface area (Å²) in [6.07, 6.45) is 3.38. The minimum absolute atomic E-state index is 0.0868. The molecule has 0 unspecified atom stereocenters. The number of nitrogens with zero attached hydrogens (tertiary/aromatic N) is 1. The van der Waals surface area contributed by atoms with E-state index in [1.54, 1.807) is 7.11 Å². The van der Waals surface area contributed by atoms with Crippen LogP contribution in [0.1, 0.15) is 26.2 Å². The summed E-state index contributed by atoms with van der Waals surface area (Å²) in [4.78, 5) is 4.70. The Bertz CT molecular complexity index is 158. The third-order valence-electron chi connectivity index (χ3n) is 2.12. The Morgan fingerprint density at radius 2 is 2.36 bits per heavy atom. The SMILES string of the molecule is CO/N=C1\CCC[C@@H](C)[C@@H]1Cl. The van der Waals surface area contributed by atoms with Gasteiger partial charge in [-0.3, -0.25) is 0 Å². The maximum atomic E-state index is 6.10. The Labute approximate surface area is 72.6 Å². The van der Waals surface area contributed by atoms with Gasteiger partial charge < -0.3 is 4.84 Å². The van der Waals surface area contributed by atoms with Gasteiger partial charge in [0.2, 0.25) is 0 Å². The highest BCUT2D eigenvalue weighted by Gasteiger charge is 2.25. The van der Waals surface area contributed by atoms with Crippen LogP contribution in [-0.2, 0) is 4.84 Å². The van der Waals surface area contributed by atoms with Crippen LogP contribution in [0.4, 0.5) is 0 Å². The fraction of sp³-hybridized carbons (Fsp3) is 0.875. The Balaban J connectivity index is 2.58. The molecule has 2 nitrogen and oxygen atoms in total. The van der Waals surface area contributed by atoms with Crippen molar-refractivity contribution in [2.24, 2.45) is 11.1 Å². The second kappa shape index (κ2) is 3.96. The molecule has 3 heteroatoms. The molecule has 11 heavy (non-hydrogen) atoms. The molecule has 0 heterocycles. The zero-order valence-electron chi connectivity index (χ0n) is 7.01. The number of hydrogen-bond donors (Lipinski definition) is 0. The Morgan fingerprint density at radius 1 is 1.64 bits per heavy atom. The third kappa shape index (κ3) is 2.09. The molecule has 1 rings (SSSR count). The van der Waals surface area contributed by atoms with Gasteiger partial charge in [-0.15, -0.1) is 11.6 Å². The van der Waals surface area contributed by atoms with Gasteiger partial charge in [-0.05, 0) is 25.2 Å². The predicted molar refractivity (Wildman–Crippen MR) is 47.1 cm³/mol. The van der Waals surface area contributed by atoms with E-state index in [0.717, 1.165) is 12.1 Å². The summed E-state index contributed by atoms with van der Waals surface area (Å²) >= 11 is 6.10. The lowest BCUT2D eigenvalue weighted by molar-refractivity contribution is 0.210. The maximum absolute atomic E-state index is 6.10. The molecular weight excluding hydrogens is 162 g/mol. The molecule has 0 aliphatic heterocycles. The molecule has 0 radical (unpaired) electrons. The highest BCUT2D eigenvalue weighted by atomic mass is 35.5. The number of hydrogen-bond acceptors (Lipinski definition) is 2. The van der Waals surface area contributed by atoms with E-state index < -0.39 is 0 Å². The molecule has 2 atom stereocenters. The summed E-state index contributed by atoms with van der Waals surface area (Å²) in [7, 11) is 1.57. The average Bonchev–Trinajstić information content (AvgIpc) is 1.99. The lowest BCUT2D eigenvalue weighted by Gasteiger charge is -2.24. The summed E-state index contributed by atoms with van der Waals surface area (Å²) in [6.45, 7) is 2.15. The Kier molecular flexibility index (Phi) is 3.18. The van der Waals surface area contributed by atoms with E-state index in [1.165, 1.54) is 12.8 Å². The fourth-order valence-corrected chi connectivity index (χ4v) is 1.71. The van der Waals surface area contributed by atoms with Crippen molar-refractivity contribution in [3.63, 3.8) is 0 Å². The predicted octanol–water partition coefficient (Wildman–Crippen LogP) is 2.42. The van der Waals surface area contributed by atoms with E-state index in [4.69, 9.17) is 16.4 Å². The van der Waals surface area contributed by atoms with E-state index in [0.29, 0.717) is 5.92 Å². The van der Waals surface area contributed by atoms with Crippen LogP contribution >= 0.6 is 11.6 Å². The van der Waals surface area contributed by atoms with Gasteiger partial charge in [-0.2, -0.15) is 0 Å². The first kappa shape index (κ1) is 8.85. The summed E-state index contributed by atoms with van der Waals surface area (Å²) in [5.74, 6) is 0.541. The first-order chi connectivity index (χ1) is 5.25. The second-order valence-corrected chi connectivity index (χ2v) is 3.51. The zero-order chi connectivity index (χ0) is 8.27. The molecule has 0 saturated heterocycles. The van der Waals surface area contributed by atoms with Crippen LogP contribution in [0.25, 0.3) is 0 Å².